The van der Waals surface area contributed by atoms with E-state index in [-0.39, 0.29) is 5.90 Å². The zero-order valence-corrected chi connectivity index (χ0v) is 11.4. The first-order valence-corrected chi connectivity index (χ1v) is 6.00. The van der Waals surface area contributed by atoms with Gasteiger partial charge in [-0.25, -0.2) is 8.78 Å². The van der Waals surface area contributed by atoms with Crippen molar-refractivity contribution in [2.75, 3.05) is 6.54 Å². The predicted molar refractivity (Wildman–Crippen MR) is 75.2 cm³/mol. The van der Waals surface area contributed by atoms with Crippen molar-refractivity contribution >= 4 is 5.90 Å². The average molecular weight is 281 g/mol. The van der Waals surface area contributed by atoms with Gasteiger partial charge in [0.25, 0.3) is 0 Å². The zero-order chi connectivity index (χ0) is 15.1. The van der Waals surface area contributed by atoms with E-state index in [1.807, 2.05) is 0 Å². The van der Waals surface area contributed by atoms with Gasteiger partial charge in [0.2, 0.25) is 11.6 Å². The van der Waals surface area contributed by atoms with Crippen LogP contribution in [0.25, 0.3) is 0 Å². The number of para-hydroxylation sites is 1. The Morgan fingerprint density at radius 2 is 2.05 bits per heavy atom. The molecule has 0 amide bonds. The second-order valence-corrected chi connectivity index (χ2v) is 3.92. The largest absolute Gasteiger partial charge is 0.433 e. The molecule has 1 aromatic rings. The lowest BCUT2D eigenvalue weighted by Gasteiger charge is -2.09. The van der Waals surface area contributed by atoms with Gasteiger partial charge in [-0.2, -0.15) is 0 Å². The van der Waals surface area contributed by atoms with E-state index in [1.54, 1.807) is 13.8 Å². The number of benzene rings is 1. The van der Waals surface area contributed by atoms with Crippen molar-refractivity contribution in [2.24, 2.45) is 10.8 Å². The maximum absolute atomic E-state index is 13.5. The molecule has 0 heterocycles. The molecule has 0 saturated heterocycles. The van der Waals surface area contributed by atoms with Gasteiger partial charge in [0.15, 0.2) is 11.6 Å². The Labute approximate surface area is 116 Å². The van der Waals surface area contributed by atoms with E-state index in [1.165, 1.54) is 12.1 Å². The highest BCUT2D eigenvalue weighted by atomic mass is 19.1. The number of aliphatic imine (C=N–C) groups is 1. The first-order valence-electron chi connectivity index (χ1n) is 6.00. The molecule has 0 saturated carbocycles. The van der Waals surface area contributed by atoms with Crippen LogP contribution >= 0.6 is 0 Å². The lowest BCUT2D eigenvalue weighted by atomic mass is 10.2. The minimum Gasteiger partial charge on any atom is -0.433 e. The van der Waals surface area contributed by atoms with Crippen molar-refractivity contribution in [1.82, 2.24) is 5.43 Å². The van der Waals surface area contributed by atoms with Gasteiger partial charge in [-0.15, -0.1) is 0 Å². The van der Waals surface area contributed by atoms with E-state index in [2.05, 4.69) is 17.0 Å². The Balaban J connectivity index is 3.06. The number of allylic oxidation sites excluding steroid dienone is 1. The maximum Gasteiger partial charge on any atom is 0.215 e. The van der Waals surface area contributed by atoms with Crippen LogP contribution in [0.4, 0.5) is 8.78 Å². The molecule has 0 aliphatic carbocycles. The van der Waals surface area contributed by atoms with Gasteiger partial charge < -0.3 is 10.2 Å². The summed E-state index contributed by atoms with van der Waals surface area (Å²) < 4.78 is 32.2. The molecular weight excluding hydrogens is 264 g/mol. The van der Waals surface area contributed by atoms with Gasteiger partial charge in [0, 0.05) is 18.3 Å². The smallest absolute Gasteiger partial charge is 0.215 e. The third-order valence-corrected chi connectivity index (χ3v) is 2.43. The van der Waals surface area contributed by atoms with E-state index in [0.717, 1.165) is 12.1 Å². The summed E-state index contributed by atoms with van der Waals surface area (Å²) in [4.78, 5) is 4.03. The maximum atomic E-state index is 13.5. The molecule has 0 aliphatic rings. The quantitative estimate of drug-likeness (QED) is 0.287. The number of ether oxygens (including phenoxy) is 1. The standard InChI is InChI=1S/C14H17F2N3O/c1-4-18-13(8-9(2)10(3)19-17)20-14-11(15)6-5-7-12(14)16/h5-8,19H,3-4,17H2,1-2H3/b9-8-,18-13+. The molecular formula is C14H17F2N3O. The van der Waals surface area contributed by atoms with Crippen molar-refractivity contribution in [3.05, 3.63) is 53.8 Å². The third kappa shape index (κ3) is 4.17. The summed E-state index contributed by atoms with van der Waals surface area (Å²) in [6, 6.07) is 3.48. The highest BCUT2D eigenvalue weighted by Gasteiger charge is 2.12. The monoisotopic (exact) mass is 281 g/mol. The Kier molecular flexibility index (Phi) is 5.86. The summed E-state index contributed by atoms with van der Waals surface area (Å²) in [5.41, 5.74) is 3.46. The van der Waals surface area contributed by atoms with Gasteiger partial charge in [-0.1, -0.05) is 12.6 Å². The van der Waals surface area contributed by atoms with E-state index in [9.17, 15) is 8.78 Å². The summed E-state index contributed by atoms with van der Waals surface area (Å²) in [5.74, 6) is 3.22. The van der Waals surface area contributed by atoms with Crippen LogP contribution in [0.15, 0.2) is 47.1 Å². The van der Waals surface area contributed by atoms with Crippen molar-refractivity contribution in [3.63, 3.8) is 0 Å². The molecule has 0 aliphatic heterocycles. The summed E-state index contributed by atoms with van der Waals surface area (Å²) in [5, 5.41) is 0. The second-order valence-electron chi connectivity index (χ2n) is 3.92. The average Bonchev–Trinajstić information content (AvgIpc) is 2.42. The lowest BCUT2D eigenvalue weighted by molar-refractivity contribution is 0.448. The number of hydrazine groups is 1. The first kappa shape index (κ1) is 15.8. The van der Waals surface area contributed by atoms with Crippen LogP contribution in [-0.2, 0) is 0 Å². The molecule has 1 rings (SSSR count). The molecule has 0 fully saturated rings. The van der Waals surface area contributed by atoms with Gasteiger partial charge in [-0.3, -0.25) is 10.8 Å². The number of nitrogens with zero attached hydrogens (tertiary/aromatic N) is 1. The van der Waals surface area contributed by atoms with E-state index in [4.69, 9.17) is 10.6 Å². The molecule has 108 valence electrons. The number of rotatable bonds is 5. The molecule has 0 atom stereocenters. The zero-order valence-electron chi connectivity index (χ0n) is 11.4. The molecule has 0 radical (unpaired) electrons. The number of nitrogens with two attached hydrogens (primary N) is 1. The molecule has 1 aromatic carbocycles. The molecule has 0 spiro atoms. The fourth-order valence-corrected chi connectivity index (χ4v) is 1.33. The molecule has 0 bridgehead atoms. The van der Waals surface area contributed by atoms with Gasteiger partial charge in [-0.05, 0) is 31.6 Å². The number of halogens is 2. The Hall–Kier alpha value is -2.21. The van der Waals surface area contributed by atoms with Crippen LogP contribution < -0.4 is 16.0 Å². The summed E-state index contributed by atoms with van der Waals surface area (Å²) in [6.07, 6.45) is 1.50. The second kappa shape index (κ2) is 7.40. The normalized spacial score (nSPS) is 12.2. The Morgan fingerprint density at radius 1 is 1.45 bits per heavy atom. The van der Waals surface area contributed by atoms with Crippen LogP contribution in [0.5, 0.6) is 5.75 Å². The van der Waals surface area contributed by atoms with Crippen LogP contribution in [0.2, 0.25) is 0 Å². The van der Waals surface area contributed by atoms with Crippen molar-refractivity contribution < 1.29 is 13.5 Å². The van der Waals surface area contributed by atoms with Crippen LogP contribution in [0.3, 0.4) is 0 Å². The Morgan fingerprint density at radius 3 is 2.55 bits per heavy atom. The molecule has 0 aromatic heterocycles. The minimum atomic E-state index is -0.796. The van der Waals surface area contributed by atoms with E-state index < -0.39 is 17.4 Å². The highest BCUT2D eigenvalue weighted by Crippen LogP contribution is 2.21. The fourth-order valence-electron chi connectivity index (χ4n) is 1.33. The summed E-state index contributed by atoms with van der Waals surface area (Å²) in [7, 11) is 0. The van der Waals surface area contributed by atoms with Crippen LogP contribution in [0, 0.1) is 11.6 Å². The Bertz CT molecular complexity index is 533. The summed E-state index contributed by atoms with van der Waals surface area (Å²) >= 11 is 0. The third-order valence-electron chi connectivity index (χ3n) is 2.43. The van der Waals surface area contributed by atoms with Gasteiger partial charge in [0.1, 0.15) is 0 Å². The van der Waals surface area contributed by atoms with E-state index in [0.29, 0.717) is 17.8 Å². The van der Waals surface area contributed by atoms with Crippen LogP contribution in [-0.4, -0.2) is 12.4 Å². The van der Waals surface area contributed by atoms with Gasteiger partial charge in [0.05, 0.1) is 0 Å². The fraction of sp³-hybridized carbons (Fsp3) is 0.214. The van der Waals surface area contributed by atoms with Gasteiger partial charge >= 0.3 is 0 Å². The molecule has 6 heteroatoms. The lowest BCUT2D eigenvalue weighted by Crippen LogP contribution is -2.21. The SMILES string of the molecule is C=C(NN)/C(C)=C\C(=N/CC)Oc1c(F)cccc1F. The first-order chi connectivity index (χ1) is 9.49. The molecule has 4 nitrogen and oxygen atoms in total. The van der Waals surface area contributed by atoms with Crippen molar-refractivity contribution in [1.29, 1.82) is 0 Å². The molecule has 0 unspecified atom stereocenters. The van der Waals surface area contributed by atoms with Crippen LogP contribution in [0.1, 0.15) is 13.8 Å². The number of hydrogen-bond acceptors (Lipinski definition) is 4. The van der Waals surface area contributed by atoms with E-state index >= 15 is 0 Å². The predicted octanol–water partition coefficient (Wildman–Crippen LogP) is 2.69. The topological polar surface area (TPSA) is 59.6 Å². The molecule has 3 N–H and O–H groups in total. The number of hydrogen-bond donors (Lipinski definition) is 2. The summed E-state index contributed by atoms with van der Waals surface area (Å²) in [6.45, 7) is 7.56. The number of nitrogens with one attached hydrogen (secondary N) is 1. The minimum absolute atomic E-state index is 0.0744. The highest BCUT2D eigenvalue weighted by molar-refractivity contribution is 5.90. The van der Waals surface area contributed by atoms with Crippen molar-refractivity contribution in [2.45, 2.75) is 13.8 Å². The molecule has 20 heavy (non-hydrogen) atoms. The van der Waals surface area contributed by atoms with Crippen molar-refractivity contribution in [3.8, 4) is 5.75 Å².